The van der Waals surface area contributed by atoms with Gasteiger partial charge in [-0.25, -0.2) is 0 Å². The summed E-state index contributed by atoms with van der Waals surface area (Å²) in [6.07, 6.45) is 2.03. The fourth-order valence-electron chi connectivity index (χ4n) is 3.34. The summed E-state index contributed by atoms with van der Waals surface area (Å²) in [4.78, 5) is 14.7. The van der Waals surface area contributed by atoms with Crippen molar-refractivity contribution in [3.05, 3.63) is 65.7 Å². The maximum atomic E-state index is 12.8. The molecule has 140 valence electrons. The van der Waals surface area contributed by atoms with E-state index in [4.69, 9.17) is 10.5 Å². The van der Waals surface area contributed by atoms with Gasteiger partial charge in [0, 0.05) is 24.7 Å². The van der Waals surface area contributed by atoms with Crippen LogP contribution in [0.1, 0.15) is 35.7 Å². The highest BCUT2D eigenvalue weighted by atomic mass is 35.5. The number of nitrogens with two attached hydrogens (primary N) is 1. The summed E-state index contributed by atoms with van der Waals surface area (Å²) in [5, 5.41) is 0. The van der Waals surface area contributed by atoms with Crippen molar-refractivity contribution < 1.29 is 9.53 Å². The second-order valence-corrected chi connectivity index (χ2v) is 6.82. The van der Waals surface area contributed by atoms with Crippen LogP contribution >= 0.6 is 12.4 Å². The largest absolute Gasteiger partial charge is 0.489 e. The third kappa shape index (κ3) is 4.99. The molecule has 2 atom stereocenters. The molecule has 2 aromatic carbocycles. The van der Waals surface area contributed by atoms with E-state index >= 15 is 0 Å². The van der Waals surface area contributed by atoms with Gasteiger partial charge in [-0.05, 0) is 48.6 Å². The molecule has 0 bridgehead atoms. The third-order valence-corrected chi connectivity index (χ3v) is 4.86. The number of hydrogen-bond donors (Lipinski definition) is 1. The van der Waals surface area contributed by atoms with Gasteiger partial charge in [0.2, 0.25) is 0 Å². The fraction of sp³-hybridized carbons (Fsp3) is 0.381. The summed E-state index contributed by atoms with van der Waals surface area (Å²) in [5.74, 6) is 1.46. The number of rotatable bonds is 5. The summed E-state index contributed by atoms with van der Waals surface area (Å²) in [6.45, 7) is 4.05. The Bertz CT molecular complexity index is 691. The zero-order valence-corrected chi connectivity index (χ0v) is 16.0. The Morgan fingerprint density at radius 1 is 1.15 bits per heavy atom. The van der Waals surface area contributed by atoms with Gasteiger partial charge >= 0.3 is 0 Å². The molecule has 1 amide bonds. The SMILES string of the molecule is CC1CCN(C(=O)c2ccc(OCc3ccccc3)cc2)C(CN)C1.Cl. The van der Waals surface area contributed by atoms with Crippen molar-refractivity contribution in [1.29, 1.82) is 0 Å². The van der Waals surface area contributed by atoms with E-state index in [1.165, 1.54) is 0 Å². The Morgan fingerprint density at radius 2 is 1.85 bits per heavy atom. The van der Waals surface area contributed by atoms with Crippen LogP contribution in [0.3, 0.4) is 0 Å². The smallest absolute Gasteiger partial charge is 0.254 e. The van der Waals surface area contributed by atoms with E-state index in [0.29, 0.717) is 24.6 Å². The van der Waals surface area contributed by atoms with Crippen molar-refractivity contribution in [3.8, 4) is 5.75 Å². The monoisotopic (exact) mass is 374 g/mol. The van der Waals surface area contributed by atoms with E-state index in [9.17, 15) is 4.79 Å². The van der Waals surface area contributed by atoms with Crippen molar-refractivity contribution in [1.82, 2.24) is 4.90 Å². The highest BCUT2D eigenvalue weighted by Crippen LogP contribution is 2.24. The normalized spacial score (nSPS) is 19.5. The van der Waals surface area contributed by atoms with Gasteiger partial charge < -0.3 is 15.4 Å². The van der Waals surface area contributed by atoms with Gasteiger partial charge in [-0.2, -0.15) is 0 Å². The van der Waals surface area contributed by atoms with Gasteiger partial charge in [0.1, 0.15) is 12.4 Å². The average Bonchev–Trinajstić information content (AvgIpc) is 2.67. The average molecular weight is 375 g/mol. The molecule has 2 N–H and O–H groups in total. The molecule has 1 aliphatic rings. The number of hydrogen-bond acceptors (Lipinski definition) is 3. The number of amides is 1. The highest BCUT2D eigenvalue weighted by molar-refractivity contribution is 5.94. The number of ether oxygens (including phenoxy) is 1. The molecule has 0 aromatic heterocycles. The standard InChI is InChI=1S/C21H26N2O2.ClH/c1-16-11-12-23(19(13-16)14-22)21(24)18-7-9-20(10-8-18)25-15-17-5-3-2-4-6-17;/h2-10,16,19H,11-15,22H2,1H3;1H. The molecule has 0 radical (unpaired) electrons. The fourth-order valence-corrected chi connectivity index (χ4v) is 3.34. The van der Waals surface area contributed by atoms with E-state index in [1.54, 1.807) is 0 Å². The van der Waals surface area contributed by atoms with Gasteiger partial charge in [-0.3, -0.25) is 4.79 Å². The molecule has 0 spiro atoms. The van der Waals surface area contributed by atoms with Crippen molar-refractivity contribution >= 4 is 18.3 Å². The lowest BCUT2D eigenvalue weighted by atomic mass is 9.92. The summed E-state index contributed by atoms with van der Waals surface area (Å²) >= 11 is 0. The molecule has 3 rings (SSSR count). The minimum Gasteiger partial charge on any atom is -0.489 e. The van der Waals surface area contributed by atoms with Crippen LogP contribution in [0.25, 0.3) is 0 Å². The van der Waals surface area contributed by atoms with Gasteiger partial charge in [0.05, 0.1) is 0 Å². The Kier molecular flexibility index (Phi) is 7.49. The first-order chi connectivity index (χ1) is 12.2. The molecule has 0 aliphatic carbocycles. The van der Waals surface area contributed by atoms with Gasteiger partial charge in [0.15, 0.2) is 0 Å². The van der Waals surface area contributed by atoms with Gasteiger partial charge in [-0.15, -0.1) is 12.4 Å². The van der Waals surface area contributed by atoms with Crippen LogP contribution in [0.2, 0.25) is 0 Å². The van der Waals surface area contributed by atoms with Crippen molar-refractivity contribution in [2.75, 3.05) is 13.1 Å². The molecule has 26 heavy (non-hydrogen) atoms. The van der Waals surface area contributed by atoms with E-state index < -0.39 is 0 Å². The molecule has 4 nitrogen and oxygen atoms in total. The van der Waals surface area contributed by atoms with Crippen LogP contribution in [-0.4, -0.2) is 29.9 Å². The predicted molar refractivity (Wildman–Crippen MR) is 107 cm³/mol. The highest BCUT2D eigenvalue weighted by Gasteiger charge is 2.29. The lowest BCUT2D eigenvalue weighted by Crippen LogP contribution is -2.49. The van der Waals surface area contributed by atoms with E-state index in [0.717, 1.165) is 30.7 Å². The molecular formula is C21H27ClN2O2. The Labute approximate surface area is 161 Å². The van der Waals surface area contributed by atoms with Crippen LogP contribution in [0.4, 0.5) is 0 Å². The number of halogens is 1. The Hall–Kier alpha value is -2.04. The van der Waals surface area contributed by atoms with Gasteiger partial charge in [-0.1, -0.05) is 37.3 Å². The quantitative estimate of drug-likeness (QED) is 0.863. The van der Waals surface area contributed by atoms with Gasteiger partial charge in [0.25, 0.3) is 5.91 Å². The third-order valence-electron chi connectivity index (χ3n) is 4.86. The van der Waals surface area contributed by atoms with E-state index in [2.05, 4.69) is 6.92 Å². The van der Waals surface area contributed by atoms with Crippen LogP contribution in [0.5, 0.6) is 5.75 Å². The van der Waals surface area contributed by atoms with Crippen molar-refractivity contribution in [2.45, 2.75) is 32.4 Å². The number of carbonyl (C=O) groups is 1. The number of benzene rings is 2. The lowest BCUT2D eigenvalue weighted by molar-refractivity contribution is 0.0573. The van der Waals surface area contributed by atoms with Crippen LogP contribution in [0, 0.1) is 5.92 Å². The Balaban J connectivity index is 0.00000243. The molecule has 5 heteroatoms. The zero-order valence-electron chi connectivity index (χ0n) is 15.1. The summed E-state index contributed by atoms with van der Waals surface area (Å²) < 4.78 is 5.78. The summed E-state index contributed by atoms with van der Waals surface area (Å²) in [7, 11) is 0. The molecule has 0 saturated carbocycles. The minimum absolute atomic E-state index is 0. The molecular weight excluding hydrogens is 348 g/mol. The maximum Gasteiger partial charge on any atom is 0.254 e. The molecule has 1 saturated heterocycles. The second kappa shape index (κ2) is 9.60. The molecule has 1 fully saturated rings. The molecule has 2 unspecified atom stereocenters. The van der Waals surface area contributed by atoms with Crippen LogP contribution < -0.4 is 10.5 Å². The van der Waals surface area contributed by atoms with E-state index in [1.807, 2.05) is 59.5 Å². The lowest BCUT2D eigenvalue weighted by Gasteiger charge is -2.38. The van der Waals surface area contributed by atoms with Crippen molar-refractivity contribution in [3.63, 3.8) is 0 Å². The molecule has 1 aliphatic heterocycles. The Morgan fingerprint density at radius 3 is 2.50 bits per heavy atom. The number of nitrogens with zero attached hydrogens (tertiary/aromatic N) is 1. The number of likely N-dealkylation sites (tertiary alicyclic amines) is 1. The predicted octanol–water partition coefficient (Wildman–Crippen LogP) is 3.89. The topological polar surface area (TPSA) is 55.6 Å². The van der Waals surface area contributed by atoms with E-state index in [-0.39, 0.29) is 24.4 Å². The summed E-state index contributed by atoms with van der Waals surface area (Å²) in [5.41, 5.74) is 7.69. The minimum atomic E-state index is 0. The molecule has 1 heterocycles. The first-order valence-electron chi connectivity index (χ1n) is 8.95. The first kappa shape index (κ1) is 20.3. The first-order valence-corrected chi connectivity index (χ1v) is 8.95. The van der Waals surface area contributed by atoms with Crippen molar-refractivity contribution in [2.24, 2.45) is 11.7 Å². The molecule has 2 aromatic rings. The number of carbonyl (C=O) groups excluding carboxylic acids is 1. The van der Waals surface area contributed by atoms with Crippen LogP contribution in [0.15, 0.2) is 54.6 Å². The number of piperidine rings is 1. The second-order valence-electron chi connectivity index (χ2n) is 6.82. The summed E-state index contributed by atoms with van der Waals surface area (Å²) in [6, 6.07) is 17.6. The van der Waals surface area contributed by atoms with Crippen LogP contribution in [-0.2, 0) is 6.61 Å². The zero-order chi connectivity index (χ0) is 17.6. The maximum absolute atomic E-state index is 12.8.